The van der Waals surface area contributed by atoms with Crippen molar-refractivity contribution in [3.63, 3.8) is 0 Å². The predicted octanol–water partition coefficient (Wildman–Crippen LogP) is 2.02. The van der Waals surface area contributed by atoms with Crippen LogP contribution in [-0.2, 0) is 0 Å². The van der Waals surface area contributed by atoms with Crippen LogP contribution in [0, 0.1) is 5.41 Å². The number of aliphatic hydroxyl groups is 1. The van der Waals surface area contributed by atoms with Crippen LogP contribution in [-0.4, -0.2) is 54.3 Å². The molecule has 20 heavy (non-hydrogen) atoms. The Morgan fingerprint density at radius 1 is 1.40 bits per heavy atom. The number of pyridine rings is 1. The highest BCUT2D eigenvalue weighted by atomic mass is 35.5. The molecule has 1 spiro atoms. The highest BCUT2D eigenvalue weighted by molar-refractivity contribution is 6.32. The van der Waals surface area contributed by atoms with Gasteiger partial charge in [0.15, 0.2) is 0 Å². The minimum atomic E-state index is -0.219. The molecule has 4 nitrogen and oxygen atoms in total. The Hall–Kier alpha value is -0.840. The Balaban J connectivity index is 1.84. The van der Waals surface area contributed by atoms with E-state index in [-0.39, 0.29) is 11.5 Å². The predicted molar refractivity (Wildman–Crippen MR) is 81.2 cm³/mol. The molecule has 5 heteroatoms. The molecule has 3 rings (SSSR count). The highest BCUT2D eigenvalue weighted by Crippen LogP contribution is 2.40. The van der Waals surface area contributed by atoms with Crippen LogP contribution in [0.25, 0.3) is 0 Å². The maximum atomic E-state index is 10.5. The number of hydrogen-bond acceptors (Lipinski definition) is 4. The van der Waals surface area contributed by atoms with Crippen LogP contribution >= 0.6 is 11.6 Å². The van der Waals surface area contributed by atoms with E-state index in [9.17, 15) is 5.11 Å². The van der Waals surface area contributed by atoms with Crippen molar-refractivity contribution < 1.29 is 5.11 Å². The zero-order valence-electron chi connectivity index (χ0n) is 11.9. The standard InChI is InChI=1S/C15H22ClN3O/c1-18-9-5-13(20)15(10-18)6-3-8-19(11-15)14-12(16)4-2-7-17-14/h2,4,7,13,20H,3,5-6,8-11H2,1H3/t13-,15-/m0/s1. The van der Waals surface area contributed by atoms with Crippen LogP contribution in [0.3, 0.4) is 0 Å². The fourth-order valence-corrected chi connectivity index (χ4v) is 3.96. The van der Waals surface area contributed by atoms with Crippen molar-refractivity contribution in [1.82, 2.24) is 9.88 Å². The number of rotatable bonds is 1. The second-order valence-electron chi connectivity index (χ2n) is 6.24. The lowest BCUT2D eigenvalue weighted by Crippen LogP contribution is -2.58. The van der Waals surface area contributed by atoms with Gasteiger partial charge in [0.05, 0.1) is 11.1 Å². The minimum absolute atomic E-state index is 0.0356. The van der Waals surface area contributed by atoms with Crippen molar-refractivity contribution in [3.05, 3.63) is 23.4 Å². The number of piperidine rings is 2. The summed E-state index contributed by atoms with van der Waals surface area (Å²) in [5.41, 5.74) is -0.0356. The van der Waals surface area contributed by atoms with Gasteiger partial charge < -0.3 is 14.9 Å². The molecule has 0 aliphatic carbocycles. The van der Waals surface area contributed by atoms with Gasteiger partial charge in [0.1, 0.15) is 5.82 Å². The van der Waals surface area contributed by atoms with Crippen molar-refractivity contribution in [2.75, 3.05) is 38.1 Å². The molecule has 0 radical (unpaired) electrons. The first kappa shape index (κ1) is 14.1. The van der Waals surface area contributed by atoms with E-state index < -0.39 is 0 Å². The summed E-state index contributed by atoms with van der Waals surface area (Å²) in [6, 6.07) is 3.74. The molecular weight excluding hydrogens is 274 g/mol. The molecule has 1 aromatic rings. The van der Waals surface area contributed by atoms with Gasteiger partial charge in [-0.15, -0.1) is 0 Å². The molecule has 0 bridgehead atoms. The Morgan fingerprint density at radius 2 is 2.25 bits per heavy atom. The number of halogens is 1. The van der Waals surface area contributed by atoms with Gasteiger partial charge in [-0.1, -0.05) is 11.6 Å². The highest BCUT2D eigenvalue weighted by Gasteiger charge is 2.45. The maximum absolute atomic E-state index is 10.5. The average Bonchev–Trinajstić information content (AvgIpc) is 2.44. The van der Waals surface area contributed by atoms with Crippen LogP contribution in [0.1, 0.15) is 19.3 Å². The molecule has 1 N–H and O–H groups in total. The first-order chi connectivity index (χ1) is 9.61. The fourth-order valence-electron chi connectivity index (χ4n) is 3.72. The van der Waals surface area contributed by atoms with Crippen molar-refractivity contribution in [2.45, 2.75) is 25.4 Å². The van der Waals surface area contributed by atoms with Crippen molar-refractivity contribution in [1.29, 1.82) is 0 Å². The smallest absolute Gasteiger partial charge is 0.147 e. The number of aliphatic hydroxyl groups excluding tert-OH is 1. The minimum Gasteiger partial charge on any atom is -0.392 e. The van der Waals surface area contributed by atoms with Gasteiger partial charge in [0, 0.05) is 37.8 Å². The summed E-state index contributed by atoms with van der Waals surface area (Å²) in [7, 11) is 2.14. The first-order valence-corrected chi connectivity index (χ1v) is 7.71. The van der Waals surface area contributed by atoms with Gasteiger partial charge >= 0.3 is 0 Å². The molecule has 110 valence electrons. The summed E-state index contributed by atoms with van der Waals surface area (Å²) in [6.07, 6.45) is 4.59. The topological polar surface area (TPSA) is 39.6 Å². The van der Waals surface area contributed by atoms with Gasteiger partial charge in [-0.3, -0.25) is 0 Å². The Morgan fingerprint density at radius 3 is 3.05 bits per heavy atom. The third kappa shape index (κ3) is 2.52. The molecule has 0 amide bonds. The van der Waals surface area contributed by atoms with E-state index in [0.29, 0.717) is 5.02 Å². The van der Waals surface area contributed by atoms with Gasteiger partial charge in [0.2, 0.25) is 0 Å². The summed E-state index contributed by atoms with van der Waals surface area (Å²) in [4.78, 5) is 9.00. The van der Waals surface area contributed by atoms with Crippen molar-refractivity contribution >= 4 is 17.4 Å². The Labute approximate surface area is 125 Å². The van der Waals surface area contributed by atoms with E-state index in [4.69, 9.17) is 11.6 Å². The molecule has 2 saturated heterocycles. The first-order valence-electron chi connectivity index (χ1n) is 7.33. The van der Waals surface area contributed by atoms with Crippen LogP contribution in [0.5, 0.6) is 0 Å². The summed E-state index contributed by atoms with van der Waals surface area (Å²) in [5, 5.41) is 11.2. The third-order valence-corrected chi connectivity index (χ3v) is 5.02. The summed E-state index contributed by atoms with van der Waals surface area (Å²) in [5.74, 6) is 0.855. The fraction of sp³-hybridized carbons (Fsp3) is 0.667. The van der Waals surface area contributed by atoms with E-state index in [2.05, 4.69) is 21.8 Å². The quantitative estimate of drug-likeness (QED) is 0.860. The zero-order chi connectivity index (χ0) is 14.2. The number of nitrogens with zero attached hydrogens (tertiary/aromatic N) is 3. The SMILES string of the molecule is CN1CC[C@H](O)[C@@]2(CCCN(c3ncccc3Cl)C2)C1. The third-order valence-electron chi connectivity index (χ3n) is 4.72. The Kier molecular flexibility index (Phi) is 3.89. The zero-order valence-corrected chi connectivity index (χ0v) is 12.7. The maximum Gasteiger partial charge on any atom is 0.147 e. The average molecular weight is 296 g/mol. The molecule has 2 fully saturated rings. The summed E-state index contributed by atoms with van der Waals surface area (Å²) in [6.45, 7) is 3.74. The molecule has 1 aromatic heterocycles. The second kappa shape index (κ2) is 5.51. The van der Waals surface area contributed by atoms with E-state index in [0.717, 1.165) is 51.3 Å². The van der Waals surface area contributed by atoms with Crippen LogP contribution < -0.4 is 4.90 Å². The van der Waals surface area contributed by atoms with E-state index in [1.807, 2.05) is 12.1 Å². The number of anilines is 1. The van der Waals surface area contributed by atoms with Crippen LogP contribution in [0.2, 0.25) is 5.02 Å². The lowest BCUT2D eigenvalue weighted by molar-refractivity contribution is -0.0466. The lowest BCUT2D eigenvalue weighted by atomic mass is 9.71. The lowest BCUT2D eigenvalue weighted by Gasteiger charge is -2.50. The van der Waals surface area contributed by atoms with Crippen molar-refractivity contribution in [3.8, 4) is 0 Å². The number of aromatic nitrogens is 1. The molecule has 2 aliphatic heterocycles. The van der Waals surface area contributed by atoms with Crippen molar-refractivity contribution in [2.24, 2.45) is 5.41 Å². The molecule has 0 aromatic carbocycles. The van der Waals surface area contributed by atoms with E-state index in [1.165, 1.54) is 0 Å². The van der Waals surface area contributed by atoms with Gasteiger partial charge in [-0.25, -0.2) is 4.98 Å². The monoisotopic (exact) mass is 295 g/mol. The Bertz CT molecular complexity index is 484. The van der Waals surface area contributed by atoms with Gasteiger partial charge in [-0.2, -0.15) is 0 Å². The van der Waals surface area contributed by atoms with Gasteiger partial charge in [0.25, 0.3) is 0 Å². The molecule has 2 atom stereocenters. The largest absolute Gasteiger partial charge is 0.392 e. The van der Waals surface area contributed by atoms with Gasteiger partial charge in [-0.05, 0) is 38.4 Å². The van der Waals surface area contributed by atoms with E-state index >= 15 is 0 Å². The molecule has 2 aliphatic rings. The molecular formula is C15H22ClN3O. The number of likely N-dealkylation sites (tertiary alicyclic amines) is 1. The summed E-state index contributed by atoms with van der Waals surface area (Å²) < 4.78 is 0. The molecule has 0 unspecified atom stereocenters. The number of hydrogen-bond donors (Lipinski definition) is 1. The van der Waals surface area contributed by atoms with Crippen LogP contribution in [0.4, 0.5) is 5.82 Å². The normalized spacial score (nSPS) is 31.8. The van der Waals surface area contributed by atoms with E-state index in [1.54, 1.807) is 6.20 Å². The molecule has 0 saturated carbocycles. The molecule has 3 heterocycles. The van der Waals surface area contributed by atoms with Crippen LogP contribution in [0.15, 0.2) is 18.3 Å². The second-order valence-corrected chi connectivity index (χ2v) is 6.65. The summed E-state index contributed by atoms with van der Waals surface area (Å²) >= 11 is 6.27.